The van der Waals surface area contributed by atoms with Gasteiger partial charge in [0.1, 0.15) is 0 Å². The van der Waals surface area contributed by atoms with Gasteiger partial charge in [0.25, 0.3) is 0 Å². The highest BCUT2D eigenvalue weighted by Crippen LogP contribution is 2.12. The number of amides is 1. The highest BCUT2D eigenvalue weighted by Gasteiger charge is 2.18. The molecule has 0 unspecified atom stereocenters. The molecule has 9 nitrogen and oxygen atoms in total. The van der Waals surface area contributed by atoms with Gasteiger partial charge in [-0.2, -0.15) is 4.80 Å². The Kier molecular flexibility index (Phi) is 9.20. The smallest absolute Gasteiger partial charge is 0.234 e. The molecule has 1 aromatic carbocycles. The average Bonchev–Trinajstić information content (AvgIpc) is 3.24. The number of ether oxygens (including phenoxy) is 1. The summed E-state index contributed by atoms with van der Waals surface area (Å²) in [5.74, 6) is 0.762. The topological polar surface area (TPSA) is 88.4 Å². The highest BCUT2D eigenvalue weighted by atomic mass is 16.5. The maximum absolute atomic E-state index is 11.9. The van der Waals surface area contributed by atoms with Crippen LogP contribution in [0.25, 0.3) is 11.4 Å². The Hall–Kier alpha value is -2.36. The van der Waals surface area contributed by atoms with Crippen molar-refractivity contribution in [3.05, 3.63) is 30.3 Å². The summed E-state index contributed by atoms with van der Waals surface area (Å²) in [4.78, 5) is 18.3. The number of methoxy groups -OCH3 is 1. The quantitative estimate of drug-likeness (QED) is 0.515. The van der Waals surface area contributed by atoms with Crippen LogP contribution < -0.4 is 5.32 Å². The lowest BCUT2D eigenvalue weighted by atomic mass is 10.2. The molecule has 0 saturated carbocycles. The molecular weight excluding hydrogens is 382 g/mol. The summed E-state index contributed by atoms with van der Waals surface area (Å²) in [6, 6.07) is 9.93. The second-order valence-electron chi connectivity index (χ2n) is 7.60. The monoisotopic (exact) mass is 415 g/mol. The van der Waals surface area contributed by atoms with E-state index in [4.69, 9.17) is 4.74 Å². The molecule has 1 aliphatic rings. The fourth-order valence-corrected chi connectivity index (χ4v) is 3.53. The maximum atomic E-state index is 11.9. The van der Waals surface area contributed by atoms with Crippen molar-refractivity contribution in [2.24, 2.45) is 0 Å². The second-order valence-corrected chi connectivity index (χ2v) is 7.60. The molecule has 0 bridgehead atoms. The summed E-state index contributed by atoms with van der Waals surface area (Å²) in [5.41, 5.74) is 0.996. The number of aryl methyl sites for hydroxylation is 1. The molecule has 2 heterocycles. The SMILES string of the molecule is COCCNC(=O)CN1CCN(CCCCCn2nnc(-c3ccccc3)n2)CC1. The lowest BCUT2D eigenvalue weighted by molar-refractivity contribution is -0.122. The first-order valence-electron chi connectivity index (χ1n) is 10.8. The third-order valence-corrected chi connectivity index (χ3v) is 5.28. The van der Waals surface area contributed by atoms with Crippen molar-refractivity contribution in [1.82, 2.24) is 35.3 Å². The van der Waals surface area contributed by atoms with Crippen LogP contribution in [0, 0.1) is 0 Å². The highest BCUT2D eigenvalue weighted by molar-refractivity contribution is 5.78. The molecule has 30 heavy (non-hydrogen) atoms. The first-order valence-corrected chi connectivity index (χ1v) is 10.8. The number of piperazine rings is 1. The molecule has 1 fully saturated rings. The normalized spacial score (nSPS) is 15.4. The number of rotatable bonds is 12. The minimum absolute atomic E-state index is 0.0812. The third-order valence-electron chi connectivity index (χ3n) is 5.28. The number of nitrogens with one attached hydrogen (secondary N) is 1. The van der Waals surface area contributed by atoms with Crippen LogP contribution in [-0.2, 0) is 16.1 Å². The van der Waals surface area contributed by atoms with Gasteiger partial charge in [-0.1, -0.05) is 36.8 Å². The zero-order valence-electron chi connectivity index (χ0n) is 17.9. The number of tetrazole rings is 1. The predicted octanol–water partition coefficient (Wildman–Crippen LogP) is 0.891. The van der Waals surface area contributed by atoms with E-state index >= 15 is 0 Å². The Labute approximate surface area is 178 Å². The standard InChI is InChI=1S/C21H33N7O2/c1-30-17-10-22-20(29)18-27-15-13-26(14-16-27)11-6-3-7-12-28-24-21(23-25-28)19-8-4-2-5-9-19/h2,4-5,8-9H,3,6-7,10-18H2,1H3,(H,22,29). The van der Waals surface area contributed by atoms with Crippen molar-refractivity contribution >= 4 is 5.91 Å². The number of hydrogen-bond donors (Lipinski definition) is 1. The van der Waals surface area contributed by atoms with E-state index in [0.717, 1.165) is 64.1 Å². The summed E-state index contributed by atoms with van der Waals surface area (Å²) in [7, 11) is 1.64. The van der Waals surface area contributed by atoms with Gasteiger partial charge in [-0.15, -0.1) is 10.2 Å². The first-order chi connectivity index (χ1) is 14.7. The van der Waals surface area contributed by atoms with E-state index in [0.29, 0.717) is 25.5 Å². The molecule has 1 aliphatic heterocycles. The van der Waals surface area contributed by atoms with Crippen LogP contribution in [0.15, 0.2) is 30.3 Å². The zero-order chi connectivity index (χ0) is 21.0. The lowest BCUT2D eigenvalue weighted by Gasteiger charge is -2.34. The van der Waals surface area contributed by atoms with Crippen LogP contribution >= 0.6 is 0 Å². The van der Waals surface area contributed by atoms with Crippen molar-refractivity contribution in [2.45, 2.75) is 25.8 Å². The van der Waals surface area contributed by atoms with Crippen LogP contribution in [-0.4, -0.2) is 95.4 Å². The summed E-state index contributed by atoms with van der Waals surface area (Å²) in [5, 5.41) is 15.6. The van der Waals surface area contributed by atoms with Crippen molar-refractivity contribution < 1.29 is 9.53 Å². The molecule has 3 rings (SSSR count). The molecule has 0 spiro atoms. The molecule has 1 amide bonds. The fourth-order valence-electron chi connectivity index (χ4n) is 3.53. The lowest BCUT2D eigenvalue weighted by Crippen LogP contribution is -2.49. The van der Waals surface area contributed by atoms with E-state index in [1.54, 1.807) is 11.9 Å². The van der Waals surface area contributed by atoms with Crippen molar-refractivity contribution in [2.75, 3.05) is 59.5 Å². The van der Waals surface area contributed by atoms with Crippen molar-refractivity contribution in [3.8, 4) is 11.4 Å². The van der Waals surface area contributed by atoms with Crippen molar-refractivity contribution in [1.29, 1.82) is 0 Å². The van der Waals surface area contributed by atoms with Gasteiger partial charge >= 0.3 is 0 Å². The van der Waals surface area contributed by atoms with Gasteiger partial charge in [-0.05, 0) is 24.6 Å². The number of carbonyl (C=O) groups is 1. The molecule has 1 N–H and O–H groups in total. The number of benzene rings is 1. The first kappa shape index (κ1) is 22.3. The number of carbonyl (C=O) groups excluding carboxylic acids is 1. The third kappa shape index (κ3) is 7.47. The molecule has 0 atom stereocenters. The van der Waals surface area contributed by atoms with E-state index < -0.39 is 0 Å². The van der Waals surface area contributed by atoms with E-state index in [-0.39, 0.29) is 5.91 Å². The minimum Gasteiger partial charge on any atom is -0.383 e. The Balaban J connectivity index is 1.24. The van der Waals surface area contributed by atoms with Crippen molar-refractivity contribution in [3.63, 3.8) is 0 Å². The molecule has 0 aliphatic carbocycles. The van der Waals surface area contributed by atoms with Crippen LogP contribution in [0.4, 0.5) is 0 Å². The number of aromatic nitrogens is 4. The predicted molar refractivity (Wildman–Crippen MR) is 115 cm³/mol. The minimum atomic E-state index is 0.0812. The molecule has 9 heteroatoms. The van der Waals surface area contributed by atoms with Gasteiger partial charge in [0, 0.05) is 45.4 Å². The van der Waals surface area contributed by atoms with Gasteiger partial charge < -0.3 is 15.0 Å². The summed E-state index contributed by atoms with van der Waals surface area (Å²) in [6.45, 7) is 7.46. The van der Waals surface area contributed by atoms with E-state index in [1.807, 2.05) is 30.3 Å². The molecule has 1 saturated heterocycles. The van der Waals surface area contributed by atoms with Gasteiger partial charge in [0.2, 0.25) is 11.7 Å². The van der Waals surface area contributed by atoms with E-state index in [2.05, 4.69) is 30.5 Å². The average molecular weight is 416 g/mol. The summed E-state index contributed by atoms with van der Waals surface area (Å²) >= 11 is 0. The second kappa shape index (κ2) is 12.4. The fraction of sp³-hybridized carbons (Fsp3) is 0.619. The van der Waals surface area contributed by atoms with Gasteiger partial charge in [0.05, 0.1) is 19.7 Å². The molecule has 0 radical (unpaired) electrons. The maximum Gasteiger partial charge on any atom is 0.234 e. The van der Waals surface area contributed by atoms with Crippen LogP contribution in [0.5, 0.6) is 0 Å². The van der Waals surface area contributed by atoms with E-state index in [9.17, 15) is 4.79 Å². The summed E-state index contributed by atoms with van der Waals surface area (Å²) in [6.07, 6.45) is 3.36. The van der Waals surface area contributed by atoms with Crippen LogP contribution in [0.1, 0.15) is 19.3 Å². The van der Waals surface area contributed by atoms with E-state index in [1.165, 1.54) is 0 Å². The Morgan fingerprint density at radius 3 is 2.53 bits per heavy atom. The van der Waals surface area contributed by atoms with Gasteiger partial charge in [0.15, 0.2) is 0 Å². The molecule has 164 valence electrons. The molecular formula is C21H33N7O2. The number of hydrogen-bond acceptors (Lipinski definition) is 7. The molecule has 2 aromatic rings. The number of unbranched alkanes of at least 4 members (excludes halogenated alkanes) is 2. The largest absolute Gasteiger partial charge is 0.383 e. The molecule has 1 aromatic heterocycles. The zero-order valence-corrected chi connectivity index (χ0v) is 17.9. The van der Waals surface area contributed by atoms with Gasteiger partial charge in [-0.3, -0.25) is 9.69 Å². The number of nitrogens with zero attached hydrogens (tertiary/aromatic N) is 6. The summed E-state index contributed by atoms with van der Waals surface area (Å²) < 4.78 is 4.95. The Morgan fingerprint density at radius 2 is 1.77 bits per heavy atom. The van der Waals surface area contributed by atoms with Crippen LogP contribution in [0.3, 0.4) is 0 Å². The Bertz CT molecular complexity index is 745. The Morgan fingerprint density at radius 1 is 1.03 bits per heavy atom. The van der Waals surface area contributed by atoms with Crippen LogP contribution in [0.2, 0.25) is 0 Å². The van der Waals surface area contributed by atoms with Gasteiger partial charge in [-0.25, -0.2) is 0 Å².